The Bertz CT molecular complexity index is 1080. The van der Waals surface area contributed by atoms with Crippen molar-refractivity contribution in [2.75, 3.05) is 27.4 Å². The van der Waals surface area contributed by atoms with Gasteiger partial charge in [0.2, 0.25) is 0 Å². The molecule has 1 heterocycles. The van der Waals surface area contributed by atoms with Crippen LogP contribution in [0.5, 0.6) is 11.5 Å². The van der Waals surface area contributed by atoms with E-state index in [1.165, 1.54) is 16.7 Å². The topological polar surface area (TPSA) is 77.4 Å². The van der Waals surface area contributed by atoms with Crippen LogP contribution in [0.4, 0.5) is 5.69 Å². The van der Waals surface area contributed by atoms with E-state index in [2.05, 4.69) is 20.9 Å². The number of hydrogen-bond acceptors (Lipinski definition) is 7. The Morgan fingerprint density at radius 3 is 2.50 bits per heavy atom. The third-order valence-corrected chi connectivity index (χ3v) is 6.22. The molecule has 0 bridgehead atoms. The Morgan fingerprint density at radius 2 is 1.88 bits per heavy atom. The molecular weight excluding hydrogens is 496 g/mol. The van der Waals surface area contributed by atoms with Crippen LogP contribution in [0.1, 0.15) is 29.8 Å². The maximum absolute atomic E-state index is 12.8. The predicted molar refractivity (Wildman–Crippen MR) is 130 cm³/mol. The number of benzene rings is 2. The van der Waals surface area contributed by atoms with E-state index in [4.69, 9.17) is 14.2 Å². The molecule has 1 saturated heterocycles. The summed E-state index contributed by atoms with van der Waals surface area (Å²) in [6.07, 6.45) is 1.79. The Hall–Kier alpha value is -2.78. The highest BCUT2D eigenvalue weighted by Crippen LogP contribution is 2.38. The van der Waals surface area contributed by atoms with Gasteiger partial charge in [-0.25, -0.2) is 9.79 Å². The minimum absolute atomic E-state index is 0.156. The predicted octanol–water partition coefficient (Wildman–Crippen LogP) is 5.27. The van der Waals surface area contributed by atoms with Gasteiger partial charge in [0.25, 0.3) is 5.91 Å². The lowest BCUT2D eigenvalue weighted by Gasteiger charge is -2.11. The highest BCUT2D eigenvalue weighted by Gasteiger charge is 2.30. The first-order valence-corrected chi connectivity index (χ1v) is 11.5. The molecule has 1 aliphatic heterocycles. The van der Waals surface area contributed by atoms with E-state index in [-0.39, 0.29) is 11.9 Å². The maximum Gasteiger partial charge on any atom is 0.338 e. The molecule has 0 unspecified atom stereocenters. The molecule has 0 atom stereocenters. The Kier molecular flexibility index (Phi) is 7.98. The molecule has 0 N–H and O–H groups in total. The van der Waals surface area contributed by atoms with Gasteiger partial charge in [-0.15, -0.1) is 0 Å². The zero-order valence-electron chi connectivity index (χ0n) is 18.2. The summed E-state index contributed by atoms with van der Waals surface area (Å²) in [5.74, 6) is 0.675. The largest absolute Gasteiger partial charge is 0.493 e. The third kappa shape index (κ3) is 5.34. The second-order valence-corrected chi connectivity index (χ2v) is 8.46. The van der Waals surface area contributed by atoms with Crippen molar-refractivity contribution in [1.82, 2.24) is 4.90 Å². The lowest BCUT2D eigenvalue weighted by molar-refractivity contribution is -0.121. The molecule has 1 fully saturated rings. The fourth-order valence-electron chi connectivity index (χ4n) is 2.88. The van der Waals surface area contributed by atoms with Gasteiger partial charge in [0, 0.05) is 11.5 Å². The van der Waals surface area contributed by atoms with Crippen molar-refractivity contribution in [3.8, 4) is 11.5 Å². The molecule has 0 saturated carbocycles. The SMILES string of the molecule is CCOC(=O)c1ccc(N=C2SC(=Cc3cc(OC)c(OCC)cc3Br)C(=O)N2C)cc1. The van der Waals surface area contributed by atoms with Gasteiger partial charge in [-0.1, -0.05) is 15.9 Å². The first kappa shape index (κ1) is 23.9. The molecule has 0 radical (unpaired) electrons. The van der Waals surface area contributed by atoms with Crippen LogP contribution in [0.15, 0.2) is 50.8 Å². The van der Waals surface area contributed by atoms with Crippen LogP contribution >= 0.6 is 27.7 Å². The number of rotatable bonds is 7. The van der Waals surface area contributed by atoms with Crippen LogP contribution in [0, 0.1) is 0 Å². The van der Waals surface area contributed by atoms with Crippen molar-refractivity contribution in [3.05, 3.63) is 56.9 Å². The Morgan fingerprint density at radius 1 is 1.16 bits per heavy atom. The Balaban J connectivity index is 1.86. The summed E-state index contributed by atoms with van der Waals surface area (Å²) < 4.78 is 16.8. The summed E-state index contributed by atoms with van der Waals surface area (Å²) in [6.45, 7) is 4.49. The second kappa shape index (κ2) is 10.7. The monoisotopic (exact) mass is 518 g/mol. The average molecular weight is 519 g/mol. The number of likely N-dealkylation sites (N-methyl/N-ethyl adjacent to an activating group) is 1. The summed E-state index contributed by atoms with van der Waals surface area (Å²) >= 11 is 4.81. The van der Waals surface area contributed by atoms with E-state index in [1.807, 2.05) is 19.1 Å². The number of amides is 1. The zero-order valence-corrected chi connectivity index (χ0v) is 20.6. The van der Waals surface area contributed by atoms with Crippen LogP contribution in [0.2, 0.25) is 0 Å². The number of esters is 1. The summed E-state index contributed by atoms with van der Waals surface area (Å²) in [6, 6.07) is 10.4. The summed E-state index contributed by atoms with van der Waals surface area (Å²) in [4.78, 5) is 31.2. The van der Waals surface area contributed by atoms with Crippen LogP contribution in [0.3, 0.4) is 0 Å². The smallest absolute Gasteiger partial charge is 0.338 e. The normalized spacial score (nSPS) is 16.0. The third-order valence-electron chi connectivity index (χ3n) is 4.48. The van der Waals surface area contributed by atoms with Gasteiger partial charge in [0.05, 0.1) is 36.5 Å². The van der Waals surface area contributed by atoms with E-state index in [0.717, 1.165) is 10.0 Å². The second-order valence-electron chi connectivity index (χ2n) is 6.59. The quantitative estimate of drug-likeness (QED) is 0.367. The summed E-state index contributed by atoms with van der Waals surface area (Å²) in [5.41, 5.74) is 1.87. The number of nitrogens with zero attached hydrogens (tertiary/aromatic N) is 2. The van der Waals surface area contributed by atoms with Crippen molar-refractivity contribution in [3.63, 3.8) is 0 Å². The van der Waals surface area contributed by atoms with E-state index in [1.54, 1.807) is 51.4 Å². The van der Waals surface area contributed by atoms with E-state index < -0.39 is 0 Å². The summed E-state index contributed by atoms with van der Waals surface area (Å²) in [5, 5.41) is 0.541. The molecule has 32 heavy (non-hydrogen) atoms. The van der Waals surface area contributed by atoms with Gasteiger partial charge < -0.3 is 14.2 Å². The molecule has 168 valence electrons. The van der Waals surface area contributed by atoms with Gasteiger partial charge >= 0.3 is 5.97 Å². The van der Waals surface area contributed by atoms with Gasteiger partial charge in [-0.3, -0.25) is 9.69 Å². The molecule has 2 aromatic rings. The van der Waals surface area contributed by atoms with Gasteiger partial charge in [-0.2, -0.15) is 0 Å². The number of carbonyl (C=O) groups excluding carboxylic acids is 2. The molecular formula is C23H23BrN2O5S. The molecule has 7 nitrogen and oxygen atoms in total. The van der Waals surface area contributed by atoms with E-state index in [0.29, 0.717) is 46.0 Å². The fourth-order valence-corrected chi connectivity index (χ4v) is 4.29. The van der Waals surface area contributed by atoms with E-state index >= 15 is 0 Å². The first-order valence-electron chi connectivity index (χ1n) is 9.91. The zero-order chi connectivity index (χ0) is 23.3. The molecule has 0 spiro atoms. The molecule has 1 aliphatic rings. The van der Waals surface area contributed by atoms with Crippen molar-refractivity contribution >= 4 is 56.5 Å². The molecule has 0 aliphatic carbocycles. The van der Waals surface area contributed by atoms with Crippen LogP contribution in [-0.2, 0) is 9.53 Å². The number of ether oxygens (including phenoxy) is 3. The van der Waals surface area contributed by atoms with Crippen molar-refractivity contribution in [2.45, 2.75) is 13.8 Å². The lowest BCUT2D eigenvalue weighted by atomic mass is 10.2. The number of amidine groups is 1. The highest BCUT2D eigenvalue weighted by molar-refractivity contribution is 9.10. The highest BCUT2D eigenvalue weighted by atomic mass is 79.9. The lowest BCUT2D eigenvalue weighted by Crippen LogP contribution is -2.23. The van der Waals surface area contributed by atoms with E-state index in [9.17, 15) is 9.59 Å². The number of aliphatic imine (C=N–C) groups is 1. The van der Waals surface area contributed by atoms with Gasteiger partial charge in [-0.05, 0) is 73.6 Å². The fraction of sp³-hybridized carbons (Fsp3) is 0.261. The first-order chi connectivity index (χ1) is 15.4. The molecule has 3 rings (SSSR count). The number of methoxy groups -OCH3 is 1. The molecule has 1 amide bonds. The number of thioether (sulfide) groups is 1. The number of halogens is 1. The Labute approximate surface area is 199 Å². The van der Waals surface area contributed by atoms with Crippen LogP contribution in [0.25, 0.3) is 6.08 Å². The maximum atomic E-state index is 12.8. The summed E-state index contributed by atoms with van der Waals surface area (Å²) in [7, 11) is 3.25. The van der Waals surface area contributed by atoms with Crippen molar-refractivity contribution in [1.29, 1.82) is 0 Å². The van der Waals surface area contributed by atoms with Crippen molar-refractivity contribution in [2.24, 2.45) is 4.99 Å². The minimum Gasteiger partial charge on any atom is -0.493 e. The number of hydrogen-bond donors (Lipinski definition) is 0. The molecule has 0 aromatic heterocycles. The van der Waals surface area contributed by atoms with Crippen LogP contribution < -0.4 is 9.47 Å². The van der Waals surface area contributed by atoms with Gasteiger partial charge in [0.15, 0.2) is 16.7 Å². The minimum atomic E-state index is -0.379. The number of carbonyl (C=O) groups is 2. The molecule has 9 heteroatoms. The molecule has 2 aromatic carbocycles. The van der Waals surface area contributed by atoms with Crippen molar-refractivity contribution < 1.29 is 23.8 Å². The van der Waals surface area contributed by atoms with Gasteiger partial charge in [0.1, 0.15) is 0 Å². The average Bonchev–Trinajstić information content (AvgIpc) is 3.04. The van der Waals surface area contributed by atoms with Crippen LogP contribution in [-0.4, -0.2) is 49.3 Å². The standard InChI is InChI=1S/C23H23BrN2O5S/c1-5-30-19-13-17(24)15(11-18(19)29-4)12-20-21(27)26(3)23(32-20)25-16-9-7-14(8-10-16)22(28)31-6-2/h7-13H,5-6H2,1-4H3.